The molecule has 1 N–H and O–H groups in total. The molecule has 7 nitrogen and oxygen atoms in total. The second kappa shape index (κ2) is 7.54. The number of benzene rings is 1. The van der Waals surface area contributed by atoms with Crippen LogP contribution in [0.25, 0.3) is 0 Å². The van der Waals surface area contributed by atoms with Crippen LogP contribution in [-0.4, -0.2) is 71.4 Å². The first-order chi connectivity index (χ1) is 13.1. The Morgan fingerprint density at radius 1 is 1.14 bits per heavy atom. The Morgan fingerprint density at radius 3 is 2.43 bits per heavy atom. The third-order valence-electron chi connectivity index (χ3n) is 5.08. The lowest BCUT2D eigenvalue weighted by Gasteiger charge is -2.40. The van der Waals surface area contributed by atoms with Crippen molar-refractivity contribution in [3.05, 3.63) is 35.4 Å². The number of piperazine rings is 1. The van der Waals surface area contributed by atoms with Crippen molar-refractivity contribution in [2.45, 2.75) is 45.3 Å². The summed E-state index contributed by atoms with van der Waals surface area (Å²) in [4.78, 5) is 41.3. The summed E-state index contributed by atoms with van der Waals surface area (Å²) in [6.07, 6.45) is 0.377. The number of ether oxygens (including phenoxy) is 1. The fourth-order valence-corrected chi connectivity index (χ4v) is 3.76. The number of carbonyl (C=O) groups is 3. The maximum Gasteiger partial charge on any atom is 0.339 e. The van der Waals surface area contributed by atoms with Crippen LogP contribution in [0.4, 0.5) is 0 Å². The predicted molar refractivity (Wildman–Crippen MR) is 105 cm³/mol. The molecule has 1 aromatic rings. The van der Waals surface area contributed by atoms with Gasteiger partial charge in [-0.3, -0.25) is 14.5 Å². The van der Waals surface area contributed by atoms with Crippen molar-refractivity contribution < 1.29 is 19.1 Å². The van der Waals surface area contributed by atoms with E-state index in [1.54, 1.807) is 24.0 Å². The zero-order chi connectivity index (χ0) is 20.5. The van der Waals surface area contributed by atoms with Gasteiger partial charge in [-0.1, -0.05) is 18.2 Å². The van der Waals surface area contributed by atoms with E-state index in [0.717, 1.165) is 5.56 Å². The molecule has 152 valence electrons. The Bertz CT molecular complexity index is 778. The van der Waals surface area contributed by atoms with Crippen LogP contribution in [0.3, 0.4) is 0 Å². The Balaban J connectivity index is 1.58. The SMILES string of the molecule is CC(C)(C)NC(=O)CN1CCN(C(=O)C2(C)Cc3ccccc3C(=O)O2)CC1. The van der Waals surface area contributed by atoms with Crippen molar-refractivity contribution in [3.63, 3.8) is 0 Å². The maximum absolute atomic E-state index is 13.1. The van der Waals surface area contributed by atoms with Gasteiger partial charge in [0.25, 0.3) is 5.91 Å². The maximum atomic E-state index is 13.1. The largest absolute Gasteiger partial charge is 0.445 e. The highest BCUT2D eigenvalue weighted by atomic mass is 16.6. The fraction of sp³-hybridized carbons (Fsp3) is 0.571. The molecule has 1 aromatic carbocycles. The third-order valence-corrected chi connectivity index (χ3v) is 5.08. The zero-order valence-corrected chi connectivity index (χ0v) is 17.1. The van der Waals surface area contributed by atoms with Crippen LogP contribution in [0.5, 0.6) is 0 Å². The van der Waals surface area contributed by atoms with Crippen molar-refractivity contribution in [1.82, 2.24) is 15.1 Å². The molecule has 1 saturated heterocycles. The zero-order valence-electron chi connectivity index (χ0n) is 17.1. The van der Waals surface area contributed by atoms with Crippen molar-refractivity contribution in [1.29, 1.82) is 0 Å². The smallest absolute Gasteiger partial charge is 0.339 e. The van der Waals surface area contributed by atoms with E-state index in [1.807, 2.05) is 37.8 Å². The van der Waals surface area contributed by atoms with Gasteiger partial charge < -0.3 is 15.0 Å². The molecule has 2 amide bonds. The summed E-state index contributed by atoms with van der Waals surface area (Å²) in [5, 5.41) is 2.95. The summed E-state index contributed by atoms with van der Waals surface area (Å²) in [5.74, 6) is -0.638. The average Bonchev–Trinajstić information content (AvgIpc) is 2.60. The topological polar surface area (TPSA) is 79.0 Å². The number of nitrogens with zero attached hydrogens (tertiary/aromatic N) is 2. The van der Waals surface area contributed by atoms with Gasteiger partial charge in [0.05, 0.1) is 12.1 Å². The van der Waals surface area contributed by atoms with Gasteiger partial charge in [-0.05, 0) is 39.3 Å². The van der Waals surface area contributed by atoms with E-state index in [2.05, 4.69) is 5.32 Å². The molecule has 2 heterocycles. The first kappa shape index (κ1) is 20.3. The van der Waals surface area contributed by atoms with Gasteiger partial charge in [-0.2, -0.15) is 0 Å². The highest BCUT2D eigenvalue weighted by Crippen LogP contribution is 2.30. The van der Waals surface area contributed by atoms with Crippen LogP contribution >= 0.6 is 0 Å². The molecule has 7 heteroatoms. The molecule has 1 atom stereocenters. The van der Waals surface area contributed by atoms with E-state index in [-0.39, 0.29) is 17.4 Å². The first-order valence-corrected chi connectivity index (χ1v) is 9.71. The number of hydrogen-bond donors (Lipinski definition) is 1. The van der Waals surface area contributed by atoms with Crippen LogP contribution in [-0.2, 0) is 20.7 Å². The van der Waals surface area contributed by atoms with E-state index in [1.165, 1.54) is 0 Å². The minimum Gasteiger partial charge on any atom is -0.445 e. The summed E-state index contributed by atoms with van der Waals surface area (Å²) >= 11 is 0. The van der Waals surface area contributed by atoms with E-state index in [9.17, 15) is 14.4 Å². The minimum atomic E-state index is -1.18. The molecule has 2 aliphatic rings. The van der Waals surface area contributed by atoms with Gasteiger partial charge >= 0.3 is 5.97 Å². The first-order valence-electron chi connectivity index (χ1n) is 9.71. The van der Waals surface area contributed by atoms with E-state index >= 15 is 0 Å². The second-order valence-corrected chi connectivity index (χ2v) is 8.82. The van der Waals surface area contributed by atoms with E-state index in [4.69, 9.17) is 4.74 Å². The van der Waals surface area contributed by atoms with Crippen molar-refractivity contribution in [2.75, 3.05) is 32.7 Å². The number of fused-ring (bicyclic) bond motifs is 1. The van der Waals surface area contributed by atoms with Crippen LogP contribution < -0.4 is 5.32 Å². The Hall–Kier alpha value is -2.41. The molecule has 0 aliphatic carbocycles. The standard InChI is InChI=1S/C21H29N3O4/c1-20(2,3)22-17(25)14-23-9-11-24(12-10-23)19(27)21(4)13-15-7-5-6-8-16(15)18(26)28-21/h5-8H,9-14H2,1-4H3,(H,22,25). The lowest BCUT2D eigenvalue weighted by Crippen LogP contribution is -2.58. The van der Waals surface area contributed by atoms with Gasteiger partial charge in [0.1, 0.15) is 0 Å². The normalized spacial score (nSPS) is 23.0. The van der Waals surface area contributed by atoms with E-state index < -0.39 is 11.6 Å². The number of carbonyl (C=O) groups excluding carboxylic acids is 3. The lowest BCUT2D eigenvalue weighted by atomic mass is 9.88. The van der Waals surface area contributed by atoms with Crippen LogP contribution in [0.15, 0.2) is 24.3 Å². The van der Waals surface area contributed by atoms with Crippen LogP contribution in [0.1, 0.15) is 43.6 Å². The van der Waals surface area contributed by atoms with Crippen molar-refractivity contribution >= 4 is 17.8 Å². The molecular weight excluding hydrogens is 358 g/mol. The second-order valence-electron chi connectivity index (χ2n) is 8.82. The van der Waals surface area contributed by atoms with Gasteiger partial charge in [0.15, 0.2) is 5.60 Å². The summed E-state index contributed by atoms with van der Waals surface area (Å²) in [5.41, 5.74) is -0.0727. The average molecular weight is 387 g/mol. The number of hydrogen-bond acceptors (Lipinski definition) is 5. The molecule has 3 rings (SSSR count). The minimum absolute atomic E-state index is 0.0166. The Kier molecular flexibility index (Phi) is 5.48. The summed E-state index contributed by atoms with van der Waals surface area (Å²) in [6.45, 7) is 10.1. The summed E-state index contributed by atoms with van der Waals surface area (Å²) in [7, 11) is 0. The molecule has 0 radical (unpaired) electrons. The predicted octanol–water partition coefficient (Wildman–Crippen LogP) is 1.22. The fourth-order valence-electron chi connectivity index (χ4n) is 3.76. The molecule has 28 heavy (non-hydrogen) atoms. The number of cyclic esters (lactones) is 1. The van der Waals surface area contributed by atoms with Gasteiger partial charge in [0.2, 0.25) is 5.91 Å². The summed E-state index contributed by atoms with van der Waals surface area (Å²) < 4.78 is 5.55. The molecule has 0 saturated carbocycles. The molecule has 1 unspecified atom stereocenters. The van der Waals surface area contributed by atoms with Crippen LogP contribution in [0, 0.1) is 0 Å². The van der Waals surface area contributed by atoms with Crippen LogP contribution in [0.2, 0.25) is 0 Å². The lowest BCUT2D eigenvalue weighted by molar-refractivity contribution is -0.153. The number of esters is 1. The monoisotopic (exact) mass is 387 g/mol. The quantitative estimate of drug-likeness (QED) is 0.789. The van der Waals surface area contributed by atoms with Gasteiger partial charge in [0, 0.05) is 38.1 Å². The van der Waals surface area contributed by atoms with E-state index in [0.29, 0.717) is 44.7 Å². The molecular formula is C21H29N3O4. The molecule has 2 aliphatic heterocycles. The Labute approximate surface area is 166 Å². The van der Waals surface area contributed by atoms with Gasteiger partial charge in [-0.15, -0.1) is 0 Å². The van der Waals surface area contributed by atoms with Crippen molar-refractivity contribution in [3.8, 4) is 0 Å². The Morgan fingerprint density at radius 2 is 1.79 bits per heavy atom. The third kappa shape index (κ3) is 4.52. The number of nitrogens with one attached hydrogen (secondary N) is 1. The molecule has 0 spiro atoms. The summed E-state index contributed by atoms with van der Waals surface area (Å²) in [6, 6.07) is 7.25. The number of amides is 2. The highest BCUT2D eigenvalue weighted by Gasteiger charge is 2.45. The number of rotatable bonds is 3. The molecule has 0 aromatic heterocycles. The van der Waals surface area contributed by atoms with Crippen molar-refractivity contribution in [2.24, 2.45) is 0 Å². The van der Waals surface area contributed by atoms with Gasteiger partial charge in [-0.25, -0.2) is 4.79 Å². The molecule has 0 bridgehead atoms. The highest BCUT2D eigenvalue weighted by molar-refractivity contribution is 5.97. The molecule has 1 fully saturated rings.